The fraction of sp³-hybridized carbons (Fsp3) is 0.938. The molecule has 1 aliphatic carbocycles. The van der Waals surface area contributed by atoms with Gasteiger partial charge in [-0.25, -0.2) is 4.79 Å². The monoisotopic (exact) mass is 283 g/mol. The van der Waals surface area contributed by atoms with Crippen LogP contribution in [0.1, 0.15) is 65.7 Å². The highest BCUT2D eigenvalue weighted by Crippen LogP contribution is 2.17. The van der Waals surface area contributed by atoms with Crippen LogP contribution in [0.4, 0.5) is 4.79 Å². The van der Waals surface area contributed by atoms with Crippen molar-refractivity contribution in [3.8, 4) is 0 Å². The summed E-state index contributed by atoms with van der Waals surface area (Å²) in [6.07, 6.45) is 8.31. The molecule has 4 heteroatoms. The Bertz CT molecular complexity index is 260. The Morgan fingerprint density at radius 1 is 1.20 bits per heavy atom. The molecule has 4 nitrogen and oxygen atoms in total. The molecular weight excluding hydrogens is 250 g/mol. The van der Waals surface area contributed by atoms with Crippen molar-refractivity contribution in [1.29, 1.82) is 0 Å². The van der Waals surface area contributed by atoms with Crippen LogP contribution in [-0.4, -0.2) is 42.6 Å². The third kappa shape index (κ3) is 7.13. The number of carbonyl (C=O) groups excluding carboxylic acids is 1. The average Bonchev–Trinajstić information content (AvgIpc) is 2.44. The van der Waals surface area contributed by atoms with Gasteiger partial charge in [0.1, 0.15) is 0 Å². The van der Waals surface area contributed by atoms with E-state index in [1.165, 1.54) is 19.3 Å². The summed E-state index contributed by atoms with van der Waals surface area (Å²) in [7, 11) is 0. The summed E-state index contributed by atoms with van der Waals surface area (Å²) in [5.74, 6) is 0. The molecule has 0 aliphatic heterocycles. The Kier molecular flexibility index (Phi) is 8.67. The molecule has 2 N–H and O–H groups in total. The van der Waals surface area contributed by atoms with Crippen LogP contribution in [0.15, 0.2) is 0 Å². The van der Waals surface area contributed by atoms with Gasteiger partial charge < -0.3 is 15.5 Å². The second-order valence-electron chi connectivity index (χ2n) is 6.02. The molecule has 0 saturated heterocycles. The minimum absolute atomic E-state index is 0.0206. The van der Waals surface area contributed by atoms with E-state index in [1.54, 1.807) is 0 Å². The van der Waals surface area contributed by atoms with E-state index in [2.05, 4.69) is 36.3 Å². The van der Waals surface area contributed by atoms with Crippen LogP contribution in [0.3, 0.4) is 0 Å². The van der Waals surface area contributed by atoms with E-state index in [9.17, 15) is 4.79 Å². The molecule has 0 radical (unpaired) electrons. The molecule has 0 bridgehead atoms. The first-order valence-corrected chi connectivity index (χ1v) is 8.45. The van der Waals surface area contributed by atoms with E-state index in [0.717, 1.165) is 45.3 Å². The van der Waals surface area contributed by atoms with E-state index in [0.29, 0.717) is 6.04 Å². The fourth-order valence-electron chi connectivity index (χ4n) is 2.93. The third-order valence-corrected chi connectivity index (χ3v) is 4.32. The largest absolute Gasteiger partial charge is 0.336 e. The molecule has 0 aromatic heterocycles. The summed E-state index contributed by atoms with van der Waals surface area (Å²) in [6, 6.07) is 0.674. The maximum atomic E-state index is 11.9. The zero-order chi connectivity index (χ0) is 14.8. The molecule has 0 heterocycles. The average molecular weight is 283 g/mol. The predicted octanol–water partition coefficient (Wildman–Crippen LogP) is 3.13. The lowest BCUT2D eigenvalue weighted by atomic mass is 9.96. The zero-order valence-corrected chi connectivity index (χ0v) is 13.6. The van der Waals surface area contributed by atoms with E-state index in [-0.39, 0.29) is 12.1 Å². The zero-order valence-electron chi connectivity index (χ0n) is 13.6. The second-order valence-corrected chi connectivity index (χ2v) is 6.02. The lowest BCUT2D eigenvalue weighted by Gasteiger charge is -2.24. The minimum atomic E-state index is 0.0206. The summed E-state index contributed by atoms with van der Waals surface area (Å²) in [5, 5.41) is 6.18. The van der Waals surface area contributed by atoms with Gasteiger partial charge in [-0.2, -0.15) is 0 Å². The Balaban J connectivity index is 2.11. The van der Waals surface area contributed by atoms with Gasteiger partial charge in [0.15, 0.2) is 0 Å². The molecule has 1 atom stereocenters. The normalized spacial score (nSPS) is 18.0. The fourth-order valence-corrected chi connectivity index (χ4v) is 2.93. The standard InChI is InChI=1S/C16H33N3O/c1-4-19(5-2)13-9-10-14(3)17-16(20)18-15-11-7-6-8-12-15/h14-15H,4-13H2,1-3H3,(H2,17,18,20)/t14-/m1/s1. The molecule has 1 saturated carbocycles. The first kappa shape index (κ1) is 17.3. The van der Waals surface area contributed by atoms with Crippen LogP contribution in [0.5, 0.6) is 0 Å². The van der Waals surface area contributed by atoms with Gasteiger partial charge in [0, 0.05) is 12.1 Å². The number of nitrogens with one attached hydrogen (secondary N) is 2. The Labute approximate surface area is 124 Å². The van der Waals surface area contributed by atoms with Crippen molar-refractivity contribution in [2.24, 2.45) is 0 Å². The second kappa shape index (κ2) is 10.0. The van der Waals surface area contributed by atoms with Crippen molar-refractivity contribution >= 4 is 6.03 Å². The summed E-state index contributed by atoms with van der Waals surface area (Å²) >= 11 is 0. The molecule has 1 rings (SSSR count). The number of amides is 2. The van der Waals surface area contributed by atoms with Crippen LogP contribution in [-0.2, 0) is 0 Å². The van der Waals surface area contributed by atoms with Gasteiger partial charge in [-0.1, -0.05) is 33.1 Å². The van der Waals surface area contributed by atoms with E-state index < -0.39 is 0 Å². The first-order valence-electron chi connectivity index (χ1n) is 8.45. The van der Waals surface area contributed by atoms with Crippen molar-refractivity contribution in [2.75, 3.05) is 19.6 Å². The highest BCUT2D eigenvalue weighted by molar-refractivity contribution is 5.74. The molecule has 0 spiro atoms. The number of carbonyl (C=O) groups is 1. The molecule has 118 valence electrons. The number of nitrogens with zero attached hydrogens (tertiary/aromatic N) is 1. The van der Waals surface area contributed by atoms with E-state index >= 15 is 0 Å². The predicted molar refractivity (Wildman–Crippen MR) is 85.0 cm³/mol. The molecule has 2 amide bonds. The Morgan fingerprint density at radius 3 is 2.45 bits per heavy atom. The quantitative estimate of drug-likeness (QED) is 0.719. The number of rotatable bonds is 8. The Morgan fingerprint density at radius 2 is 1.85 bits per heavy atom. The van der Waals surface area contributed by atoms with Crippen molar-refractivity contribution in [3.05, 3.63) is 0 Å². The van der Waals surface area contributed by atoms with Gasteiger partial charge in [0.25, 0.3) is 0 Å². The lowest BCUT2D eigenvalue weighted by Crippen LogP contribution is -2.46. The van der Waals surface area contributed by atoms with Gasteiger partial charge in [0.2, 0.25) is 0 Å². The molecule has 0 aromatic carbocycles. The number of hydrogen-bond acceptors (Lipinski definition) is 2. The highest BCUT2D eigenvalue weighted by Gasteiger charge is 2.16. The van der Waals surface area contributed by atoms with Crippen molar-refractivity contribution in [1.82, 2.24) is 15.5 Å². The van der Waals surface area contributed by atoms with Gasteiger partial charge in [0.05, 0.1) is 0 Å². The molecule has 1 aliphatic rings. The van der Waals surface area contributed by atoms with Gasteiger partial charge >= 0.3 is 6.03 Å². The molecule has 20 heavy (non-hydrogen) atoms. The number of urea groups is 1. The van der Waals surface area contributed by atoms with Gasteiger partial charge in [-0.3, -0.25) is 0 Å². The van der Waals surface area contributed by atoms with Crippen LogP contribution in [0, 0.1) is 0 Å². The summed E-state index contributed by atoms with van der Waals surface area (Å²) < 4.78 is 0. The van der Waals surface area contributed by atoms with Crippen LogP contribution in [0.2, 0.25) is 0 Å². The maximum absolute atomic E-state index is 11.9. The van der Waals surface area contributed by atoms with Crippen molar-refractivity contribution in [3.63, 3.8) is 0 Å². The maximum Gasteiger partial charge on any atom is 0.315 e. The first-order chi connectivity index (χ1) is 9.65. The van der Waals surface area contributed by atoms with Crippen molar-refractivity contribution < 1.29 is 4.79 Å². The molecular formula is C16H33N3O. The highest BCUT2D eigenvalue weighted by atomic mass is 16.2. The van der Waals surface area contributed by atoms with Crippen LogP contribution in [0.25, 0.3) is 0 Å². The Hall–Kier alpha value is -0.770. The molecule has 0 aromatic rings. The third-order valence-electron chi connectivity index (χ3n) is 4.32. The van der Waals surface area contributed by atoms with Crippen LogP contribution >= 0.6 is 0 Å². The minimum Gasteiger partial charge on any atom is -0.336 e. The molecule has 1 fully saturated rings. The van der Waals surface area contributed by atoms with Gasteiger partial charge in [-0.05, 0) is 52.2 Å². The van der Waals surface area contributed by atoms with E-state index in [1.807, 2.05) is 0 Å². The smallest absolute Gasteiger partial charge is 0.315 e. The molecule has 0 unspecified atom stereocenters. The summed E-state index contributed by atoms with van der Waals surface area (Å²) in [6.45, 7) is 9.85. The topological polar surface area (TPSA) is 44.4 Å². The SMILES string of the molecule is CCN(CC)CCC[C@@H](C)NC(=O)NC1CCCCC1. The lowest BCUT2D eigenvalue weighted by molar-refractivity contribution is 0.227. The van der Waals surface area contributed by atoms with Crippen molar-refractivity contribution in [2.45, 2.75) is 77.8 Å². The van der Waals surface area contributed by atoms with Crippen LogP contribution < -0.4 is 10.6 Å². The van der Waals surface area contributed by atoms with E-state index in [4.69, 9.17) is 0 Å². The number of hydrogen-bond donors (Lipinski definition) is 2. The van der Waals surface area contributed by atoms with Gasteiger partial charge in [-0.15, -0.1) is 0 Å². The summed E-state index contributed by atoms with van der Waals surface area (Å²) in [4.78, 5) is 14.3. The summed E-state index contributed by atoms with van der Waals surface area (Å²) in [5.41, 5.74) is 0.